The van der Waals surface area contributed by atoms with E-state index in [-0.39, 0.29) is 22.0 Å². The van der Waals surface area contributed by atoms with E-state index in [1.54, 1.807) is 39.0 Å². The molecule has 0 spiro atoms. The van der Waals surface area contributed by atoms with E-state index in [2.05, 4.69) is 9.28 Å². The molecule has 3 rings (SSSR count). The summed E-state index contributed by atoms with van der Waals surface area (Å²) in [5, 5.41) is 14.3. The van der Waals surface area contributed by atoms with Gasteiger partial charge in [-0.15, -0.1) is 0 Å². The highest BCUT2D eigenvalue weighted by Crippen LogP contribution is 2.41. The molecule has 0 bridgehead atoms. The molecular weight excluding hydrogens is 441 g/mol. The van der Waals surface area contributed by atoms with Crippen LogP contribution in [0.5, 0.6) is 5.75 Å². The third-order valence-corrected chi connectivity index (χ3v) is 5.19. The highest BCUT2D eigenvalue weighted by Gasteiger charge is 2.50. The summed E-state index contributed by atoms with van der Waals surface area (Å²) < 4.78 is 74.5. The molecule has 1 aromatic carbocycles. The summed E-state index contributed by atoms with van der Waals surface area (Å²) in [6.07, 6.45) is -0.434. The molecule has 0 aliphatic rings. The third kappa shape index (κ3) is 4.30. The largest absolute Gasteiger partial charge is 0.534 e. The molecule has 1 N–H and O–H groups in total. The van der Waals surface area contributed by atoms with Crippen molar-refractivity contribution in [1.29, 1.82) is 0 Å². The number of nitrogens with zero attached hydrogens (tertiary/aromatic N) is 2. The molecule has 3 aromatic rings. The van der Waals surface area contributed by atoms with Crippen LogP contribution in [0.3, 0.4) is 0 Å². The number of hydrogen-bond acceptors (Lipinski definition) is 6. The third-order valence-electron chi connectivity index (χ3n) is 4.24. The standard InChI is InChI=1S/C19H19F3N2O6S/c1-10-9-24-14(11-7-5-6-8-12(11)23-24)15(30-31(27,28)19(20,21)22)13(10)16(17(25)26)29-18(2,3)4/h5-9,16H,1-4H3,(H,25,26). The maximum Gasteiger partial charge on any atom is 0.534 e. The molecule has 2 aromatic heterocycles. The molecule has 2 heterocycles. The Bertz CT molecular complexity index is 1280. The van der Waals surface area contributed by atoms with Gasteiger partial charge in [0.15, 0.2) is 11.9 Å². The van der Waals surface area contributed by atoms with Crippen LogP contribution in [0.4, 0.5) is 13.2 Å². The minimum atomic E-state index is -6.12. The summed E-state index contributed by atoms with van der Waals surface area (Å²) >= 11 is 0. The van der Waals surface area contributed by atoms with Gasteiger partial charge in [0.05, 0.1) is 11.1 Å². The number of rotatable bonds is 5. The maximum absolute atomic E-state index is 13.1. The highest BCUT2D eigenvalue weighted by molar-refractivity contribution is 7.88. The first kappa shape index (κ1) is 22.8. The monoisotopic (exact) mass is 460 g/mol. The molecule has 12 heteroatoms. The van der Waals surface area contributed by atoms with E-state index in [9.17, 15) is 31.5 Å². The molecule has 0 amide bonds. The Hall–Kier alpha value is -2.86. The van der Waals surface area contributed by atoms with Crippen LogP contribution in [-0.2, 0) is 19.6 Å². The molecule has 0 saturated carbocycles. The number of aliphatic carboxylic acids is 1. The Morgan fingerprint density at radius 1 is 1.19 bits per heavy atom. The Balaban J connectivity index is 2.44. The summed E-state index contributed by atoms with van der Waals surface area (Å²) in [6.45, 7) is 6.06. The summed E-state index contributed by atoms with van der Waals surface area (Å²) in [5.74, 6) is -2.33. The number of hydrogen-bond donors (Lipinski definition) is 1. The van der Waals surface area contributed by atoms with Gasteiger partial charge in [-0.1, -0.05) is 18.2 Å². The first-order chi connectivity index (χ1) is 14.1. The van der Waals surface area contributed by atoms with Gasteiger partial charge in [-0.25, -0.2) is 9.31 Å². The molecule has 0 aliphatic carbocycles. The molecule has 168 valence electrons. The molecule has 8 nitrogen and oxygen atoms in total. The minimum absolute atomic E-state index is 0.115. The van der Waals surface area contributed by atoms with E-state index < -0.39 is 39.1 Å². The second-order valence-electron chi connectivity index (χ2n) is 7.80. The number of carbonyl (C=O) groups is 1. The average molecular weight is 460 g/mol. The van der Waals surface area contributed by atoms with Crippen molar-refractivity contribution in [3.63, 3.8) is 0 Å². The van der Waals surface area contributed by atoms with Crippen LogP contribution in [0.25, 0.3) is 16.4 Å². The number of halogens is 3. The van der Waals surface area contributed by atoms with Gasteiger partial charge >= 0.3 is 21.6 Å². The predicted molar refractivity (Wildman–Crippen MR) is 104 cm³/mol. The van der Waals surface area contributed by atoms with Gasteiger partial charge in [-0.2, -0.15) is 26.7 Å². The zero-order chi connectivity index (χ0) is 23.4. The van der Waals surface area contributed by atoms with Gasteiger partial charge in [0.1, 0.15) is 5.52 Å². The zero-order valence-electron chi connectivity index (χ0n) is 16.9. The van der Waals surface area contributed by atoms with Crippen LogP contribution in [0.2, 0.25) is 0 Å². The van der Waals surface area contributed by atoms with E-state index in [0.717, 1.165) is 4.52 Å². The van der Waals surface area contributed by atoms with Crippen LogP contribution in [0.1, 0.15) is 38.0 Å². The number of benzene rings is 1. The molecule has 31 heavy (non-hydrogen) atoms. The van der Waals surface area contributed by atoms with Crippen LogP contribution in [0.15, 0.2) is 30.5 Å². The SMILES string of the molecule is Cc1cn2nc3ccccc3c2c(OS(=O)(=O)C(F)(F)F)c1C(OC(C)(C)C)C(=O)O. The molecule has 0 radical (unpaired) electrons. The number of alkyl halides is 3. The predicted octanol–water partition coefficient (Wildman–Crippen LogP) is 3.97. The normalized spacial score (nSPS) is 14.2. The second-order valence-corrected chi connectivity index (χ2v) is 9.33. The van der Waals surface area contributed by atoms with E-state index in [0.29, 0.717) is 5.52 Å². The number of aromatic nitrogens is 2. The fourth-order valence-corrected chi connectivity index (χ4v) is 3.57. The molecule has 0 saturated heterocycles. The molecule has 0 aliphatic heterocycles. The van der Waals surface area contributed by atoms with Crippen LogP contribution in [0, 0.1) is 6.92 Å². The Labute approximate surface area is 175 Å². The van der Waals surface area contributed by atoms with Crippen molar-refractivity contribution in [3.05, 3.63) is 41.6 Å². The van der Waals surface area contributed by atoms with Gasteiger partial charge in [-0.05, 0) is 39.3 Å². The number of carboxylic acid groups (broad SMARTS) is 1. The lowest BCUT2D eigenvalue weighted by Crippen LogP contribution is -2.31. The molecule has 1 atom stereocenters. The topological polar surface area (TPSA) is 107 Å². The lowest BCUT2D eigenvalue weighted by atomic mass is 10.0. The highest BCUT2D eigenvalue weighted by atomic mass is 32.2. The number of carboxylic acids is 1. The van der Waals surface area contributed by atoms with Crippen molar-refractivity contribution in [1.82, 2.24) is 9.61 Å². The Morgan fingerprint density at radius 3 is 2.35 bits per heavy atom. The van der Waals surface area contributed by atoms with Crippen LogP contribution < -0.4 is 4.18 Å². The van der Waals surface area contributed by atoms with Gasteiger partial charge < -0.3 is 14.0 Å². The number of aryl methyl sites for hydroxylation is 1. The van der Waals surface area contributed by atoms with Crippen LogP contribution >= 0.6 is 0 Å². The van der Waals surface area contributed by atoms with Crippen molar-refractivity contribution < 1.29 is 40.4 Å². The Morgan fingerprint density at radius 2 is 1.81 bits per heavy atom. The first-order valence-electron chi connectivity index (χ1n) is 8.94. The van der Waals surface area contributed by atoms with E-state index in [4.69, 9.17) is 4.74 Å². The minimum Gasteiger partial charge on any atom is -0.479 e. The first-order valence-corrected chi connectivity index (χ1v) is 10.3. The van der Waals surface area contributed by atoms with Crippen molar-refractivity contribution in [3.8, 4) is 5.75 Å². The molecule has 1 unspecified atom stereocenters. The lowest BCUT2D eigenvalue weighted by molar-refractivity contribution is -0.160. The van der Waals surface area contributed by atoms with E-state index in [1.807, 2.05) is 0 Å². The number of pyridine rings is 1. The smallest absolute Gasteiger partial charge is 0.479 e. The Kier molecular flexibility index (Phi) is 5.43. The summed E-state index contributed by atoms with van der Waals surface area (Å²) in [7, 11) is -6.12. The van der Waals surface area contributed by atoms with E-state index >= 15 is 0 Å². The lowest BCUT2D eigenvalue weighted by Gasteiger charge is -2.27. The molecular formula is C19H19F3N2O6S. The van der Waals surface area contributed by atoms with Crippen molar-refractivity contribution >= 4 is 32.5 Å². The van der Waals surface area contributed by atoms with Gasteiger partial charge in [0, 0.05) is 17.1 Å². The van der Waals surface area contributed by atoms with Gasteiger partial charge in [0.2, 0.25) is 0 Å². The number of ether oxygens (including phenoxy) is 1. The van der Waals surface area contributed by atoms with Crippen molar-refractivity contribution in [2.24, 2.45) is 0 Å². The van der Waals surface area contributed by atoms with Gasteiger partial charge in [0.25, 0.3) is 0 Å². The quantitative estimate of drug-likeness (QED) is 0.454. The zero-order valence-corrected chi connectivity index (χ0v) is 17.7. The molecule has 0 fully saturated rings. The fraction of sp³-hybridized carbons (Fsp3) is 0.368. The summed E-state index contributed by atoms with van der Waals surface area (Å²) in [6, 6.07) is 6.29. The fourth-order valence-electron chi connectivity index (χ4n) is 3.08. The van der Waals surface area contributed by atoms with Crippen LogP contribution in [-0.4, -0.2) is 40.2 Å². The summed E-state index contributed by atoms with van der Waals surface area (Å²) in [5.41, 5.74) is -6.78. The maximum atomic E-state index is 13.1. The van der Waals surface area contributed by atoms with Gasteiger partial charge in [-0.3, -0.25) is 0 Å². The average Bonchev–Trinajstić information content (AvgIpc) is 2.96. The van der Waals surface area contributed by atoms with Crippen molar-refractivity contribution in [2.75, 3.05) is 0 Å². The van der Waals surface area contributed by atoms with E-state index in [1.165, 1.54) is 19.2 Å². The number of fused-ring (bicyclic) bond motifs is 3. The van der Waals surface area contributed by atoms with Crippen molar-refractivity contribution in [2.45, 2.75) is 44.9 Å². The second kappa shape index (κ2) is 7.38. The summed E-state index contributed by atoms with van der Waals surface area (Å²) in [4.78, 5) is 12.0.